The number of hydrogen-bond donors (Lipinski definition) is 1. The van der Waals surface area contributed by atoms with Gasteiger partial charge < -0.3 is 11.3 Å². The van der Waals surface area contributed by atoms with Crippen LogP contribution in [0.15, 0.2) is 71.6 Å². The van der Waals surface area contributed by atoms with E-state index in [1.807, 2.05) is 42.5 Å². The summed E-state index contributed by atoms with van der Waals surface area (Å²) in [5.41, 5.74) is 3.01. The predicted octanol–water partition coefficient (Wildman–Crippen LogP) is 4.32. The molecule has 0 unspecified atom stereocenters. The van der Waals surface area contributed by atoms with E-state index in [0.717, 1.165) is 52.1 Å². The van der Waals surface area contributed by atoms with Gasteiger partial charge in [0, 0.05) is 28.3 Å². The molecule has 1 aliphatic rings. The molecule has 1 aromatic heterocycles. The van der Waals surface area contributed by atoms with Crippen LogP contribution in [-0.2, 0) is 15.1 Å². The molecule has 4 nitrogen and oxygen atoms in total. The number of nitrogens with zero attached hydrogens (tertiary/aromatic N) is 1. The molecule has 0 atom stereocenters. The zero-order valence-corrected chi connectivity index (χ0v) is 25.4. The molecular weight excluding hydrogens is 539 g/mol. The number of pyridine rings is 1. The summed E-state index contributed by atoms with van der Waals surface area (Å²) < 4.78 is 32.5. The third kappa shape index (κ3) is 7.72. The fourth-order valence-corrected chi connectivity index (χ4v) is 5.13. The normalized spacial score (nSPS) is 12.8. The molecule has 3 aromatic carbocycles. The summed E-state index contributed by atoms with van der Waals surface area (Å²) in [5, 5.41) is 11.4. The molecule has 1 heterocycles. The van der Waals surface area contributed by atoms with Gasteiger partial charge in [-0.25, -0.2) is 13.8 Å². The number of esters is 1. The number of benzene rings is 3. The summed E-state index contributed by atoms with van der Waals surface area (Å²) in [4.78, 5) is 17.1. The Morgan fingerprint density at radius 1 is 1.05 bits per heavy atom. The average molecular weight is 568 g/mol. The zero-order valence-electron chi connectivity index (χ0n) is 23.6. The van der Waals surface area contributed by atoms with Crippen molar-refractivity contribution >= 4 is 28.6 Å². The molecular formula is C32H28F2NNaO3S. The van der Waals surface area contributed by atoms with Gasteiger partial charge in [-0.2, -0.15) is 0 Å². The number of ether oxygens (including phenoxy) is 1. The van der Waals surface area contributed by atoms with E-state index in [1.165, 1.54) is 11.8 Å². The number of hydrogen-bond acceptors (Lipinski definition) is 5. The number of aromatic nitrogens is 1. The van der Waals surface area contributed by atoms with E-state index in [1.54, 1.807) is 26.0 Å². The fraction of sp³-hybridized carbons (Fsp3) is 0.250. The van der Waals surface area contributed by atoms with Crippen molar-refractivity contribution in [1.29, 1.82) is 0 Å². The molecule has 200 valence electrons. The van der Waals surface area contributed by atoms with Gasteiger partial charge in [0.05, 0.1) is 11.1 Å². The quantitative estimate of drug-likeness (QED) is 0.119. The van der Waals surface area contributed by atoms with Crippen LogP contribution in [0.3, 0.4) is 0 Å². The summed E-state index contributed by atoms with van der Waals surface area (Å²) in [6, 6.07) is 19.0. The predicted molar refractivity (Wildman–Crippen MR) is 150 cm³/mol. The molecule has 5 rings (SSSR count). The molecule has 1 aliphatic carbocycles. The van der Waals surface area contributed by atoms with Crippen LogP contribution in [-0.4, -0.2) is 22.0 Å². The van der Waals surface area contributed by atoms with Crippen molar-refractivity contribution < 1.29 is 54.4 Å². The first kappa shape index (κ1) is 30.2. The van der Waals surface area contributed by atoms with Gasteiger partial charge in [-0.05, 0) is 97.7 Å². The third-order valence-electron chi connectivity index (χ3n) is 6.49. The number of fused-ring (bicyclic) bond motifs is 1. The van der Waals surface area contributed by atoms with Gasteiger partial charge in [0.15, 0.2) is 11.6 Å². The maximum atomic E-state index is 13.6. The van der Waals surface area contributed by atoms with E-state index in [-0.39, 0.29) is 42.9 Å². The first-order chi connectivity index (χ1) is 18.7. The summed E-state index contributed by atoms with van der Waals surface area (Å²) >= 11 is 1.39. The average Bonchev–Trinajstić information content (AvgIpc) is 3.72. The van der Waals surface area contributed by atoms with Crippen molar-refractivity contribution in [2.75, 3.05) is 5.94 Å². The maximum Gasteiger partial charge on any atom is 1.00 e. The van der Waals surface area contributed by atoms with Gasteiger partial charge in [0.25, 0.3) is 0 Å². The molecule has 1 N–H and O–H groups in total. The van der Waals surface area contributed by atoms with E-state index in [2.05, 4.69) is 16.8 Å². The van der Waals surface area contributed by atoms with Gasteiger partial charge in [0.1, 0.15) is 11.6 Å². The summed E-state index contributed by atoms with van der Waals surface area (Å²) in [6.45, 7) is 3.46. The molecule has 40 heavy (non-hydrogen) atoms. The Hall–Kier alpha value is -2.73. The van der Waals surface area contributed by atoms with E-state index in [4.69, 9.17) is 4.74 Å². The maximum absolute atomic E-state index is 13.6. The summed E-state index contributed by atoms with van der Waals surface area (Å²) in [7, 11) is 0. The minimum absolute atomic E-state index is 0. The third-order valence-corrected chi connectivity index (χ3v) is 7.39. The molecule has 0 bridgehead atoms. The number of carbonyl (C=O) groups excluding carboxylic acids is 1. The van der Waals surface area contributed by atoms with Crippen LogP contribution in [0.1, 0.15) is 51.4 Å². The van der Waals surface area contributed by atoms with Gasteiger partial charge in [-0.3, -0.25) is 4.79 Å². The van der Waals surface area contributed by atoms with E-state index >= 15 is 0 Å². The van der Waals surface area contributed by atoms with Gasteiger partial charge in [-0.15, -0.1) is 0 Å². The van der Waals surface area contributed by atoms with E-state index < -0.39 is 17.2 Å². The Morgan fingerprint density at radius 3 is 2.55 bits per heavy atom. The molecule has 0 radical (unpaired) electrons. The molecule has 1 saturated carbocycles. The Morgan fingerprint density at radius 2 is 1.80 bits per heavy atom. The van der Waals surface area contributed by atoms with Crippen LogP contribution >= 0.6 is 11.8 Å². The van der Waals surface area contributed by atoms with Gasteiger partial charge >= 0.3 is 35.5 Å². The second-order valence-corrected chi connectivity index (χ2v) is 11.1. The van der Waals surface area contributed by atoms with E-state index in [9.17, 15) is 18.7 Å². The Labute approximate surface area is 260 Å². The van der Waals surface area contributed by atoms with Crippen molar-refractivity contribution in [1.82, 2.24) is 4.98 Å². The largest absolute Gasteiger partial charge is 1.00 e. The monoisotopic (exact) mass is 567 g/mol. The van der Waals surface area contributed by atoms with Crippen molar-refractivity contribution in [3.05, 3.63) is 95.2 Å². The number of rotatable bonds is 7. The number of halogens is 2. The smallest absolute Gasteiger partial charge is 1.00 e. The molecule has 0 saturated heterocycles. The van der Waals surface area contributed by atoms with Crippen molar-refractivity contribution in [2.45, 2.75) is 43.6 Å². The van der Waals surface area contributed by atoms with Crippen molar-refractivity contribution in [3.63, 3.8) is 0 Å². The van der Waals surface area contributed by atoms with Crippen LogP contribution in [0.4, 0.5) is 8.78 Å². The Kier molecular flexibility index (Phi) is 9.71. The Bertz CT molecular complexity index is 1630. The first-order valence-corrected chi connectivity index (χ1v) is 13.7. The number of carbonyl (C=O) groups is 1. The topological polar surface area (TPSA) is 59.4 Å². The van der Waals surface area contributed by atoms with Crippen LogP contribution in [0.25, 0.3) is 22.0 Å². The first-order valence-electron chi connectivity index (χ1n) is 12.7. The minimum atomic E-state index is -1.10. The van der Waals surface area contributed by atoms with Crippen LogP contribution in [0, 0.1) is 29.4 Å². The SMILES string of the molecule is CC(C)(O)c1cc(-c2cccc(C#Cc3ccc4cc(F)c(F)cc4n3)c2)ccc1SCOC(=O)CC1CC1.[H-].[Na+]. The molecule has 0 spiro atoms. The van der Waals surface area contributed by atoms with Crippen LogP contribution in [0.5, 0.6) is 0 Å². The second kappa shape index (κ2) is 12.8. The minimum Gasteiger partial charge on any atom is -1.00 e. The number of aliphatic hydroxyl groups is 1. The zero-order chi connectivity index (χ0) is 27.6. The van der Waals surface area contributed by atoms with Crippen molar-refractivity contribution in [3.8, 4) is 23.0 Å². The van der Waals surface area contributed by atoms with Gasteiger partial charge in [-0.1, -0.05) is 35.9 Å². The Balaban J connectivity index is 0.00000231. The number of thioether (sulfide) groups is 1. The molecule has 8 heteroatoms. The second-order valence-electron chi connectivity index (χ2n) is 10.2. The standard InChI is InChI=1S/C32H27F2NO3S.Na.H/c1-32(2,37)26-16-23(10-13-30(26)39-19-38-31(36)15-21-6-7-21)22-5-3-4-20(14-22)8-11-25-12-9-24-17-27(33)28(34)18-29(24)35-25;;/h3-5,9-10,12-14,16-18,21,37H,6-7,15,19H2,1-2H3;;/q;+1;-1. The molecule has 1 fully saturated rings. The summed E-state index contributed by atoms with van der Waals surface area (Å²) in [6.07, 6.45) is 2.68. The van der Waals surface area contributed by atoms with Gasteiger partial charge in [0.2, 0.25) is 0 Å². The fourth-order valence-electron chi connectivity index (χ4n) is 4.19. The molecule has 0 amide bonds. The van der Waals surface area contributed by atoms with Crippen LogP contribution in [0.2, 0.25) is 0 Å². The summed E-state index contributed by atoms with van der Waals surface area (Å²) in [5.74, 6) is 4.73. The van der Waals surface area contributed by atoms with Crippen molar-refractivity contribution in [2.24, 2.45) is 5.92 Å². The van der Waals surface area contributed by atoms with Crippen LogP contribution < -0.4 is 29.6 Å². The molecule has 0 aliphatic heterocycles. The van der Waals surface area contributed by atoms with E-state index in [0.29, 0.717) is 28.9 Å². The molecule has 4 aromatic rings.